The molecule has 114 valence electrons. The molecule has 0 N–H and O–H groups in total. The third kappa shape index (κ3) is 3.55. The fraction of sp³-hybridized carbons (Fsp3) is 0.100. The van der Waals surface area contributed by atoms with Gasteiger partial charge in [0.05, 0.1) is 5.69 Å². The topological polar surface area (TPSA) is 3.24 Å². The third-order valence-electron chi connectivity index (χ3n) is 3.62. The second-order valence-corrected chi connectivity index (χ2v) is 6.12. The van der Waals surface area contributed by atoms with E-state index < -0.39 is 0 Å². The van der Waals surface area contributed by atoms with Gasteiger partial charge in [0, 0.05) is 29.4 Å². The molecule has 1 nitrogen and oxygen atoms in total. The van der Waals surface area contributed by atoms with Gasteiger partial charge in [0.2, 0.25) is 0 Å². The summed E-state index contributed by atoms with van der Waals surface area (Å²) >= 11 is 3.61. The molecule has 0 aliphatic rings. The van der Waals surface area contributed by atoms with Crippen LogP contribution in [0.15, 0.2) is 65.1 Å². The Labute approximate surface area is 143 Å². The molecule has 0 radical (unpaired) electrons. The molecule has 0 saturated carbocycles. The summed E-state index contributed by atoms with van der Waals surface area (Å²) in [5, 5.41) is 2.30. The normalized spacial score (nSPS) is 10.2. The van der Waals surface area contributed by atoms with Crippen molar-refractivity contribution in [3.8, 4) is 12.0 Å². The standard InChI is InChI=1S/C20H15BrFN/c1-23(13-5-7-15-6-2-10-17(22)14-15)19-12-4-9-16-8-3-11-18(21)20(16)19/h2-4,6,8-12,14H,7H2,1H3. The molecular formula is C20H15BrFN. The quantitative estimate of drug-likeness (QED) is 0.434. The van der Waals surface area contributed by atoms with Crippen molar-refractivity contribution in [2.24, 2.45) is 0 Å². The molecule has 0 aromatic heterocycles. The molecule has 0 unspecified atom stereocenters. The Morgan fingerprint density at radius 2 is 1.78 bits per heavy atom. The monoisotopic (exact) mass is 367 g/mol. The Morgan fingerprint density at radius 1 is 1.04 bits per heavy atom. The van der Waals surface area contributed by atoms with E-state index in [0.717, 1.165) is 26.5 Å². The zero-order valence-corrected chi connectivity index (χ0v) is 14.3. The second-order valence-electron chi connectivity index (χ2n) is 5.27. The highest BCUT2D eigenvalue weighted by molar-refractivity contribution is 9.10. The van der Waals surface area contributed by atoms with Gasteiger partial charge in [0.25, 0.3) is 0 Å². The zero-order valence-electron chi connectivity index (χ0n) is 12.7. The number of benzene rings is 3. The minimum atomic E-state index is -0.226. The highest BCUT2D eigenvalue weighted by Gasteiger charge is 2.07. The smallest absolute Gasteiger partial charge is 0.123 e. The molecule has 0 saturated heterocycles. The summed E-state index contributed by atoms with van der Waals surface area (Å²) in [5.41, 5.74) is 1.92. The van der Waals surface area contributed by atoms with Crippen LogP contribution in [0.1, 0.15) is 5.56 Å². The van der Waals surface area contributed by atoms with Crippen molar-refractivity contribution in [2.45, 2.75) is 6.42 Å². The van der Waals surface area contributed by atoms with Gasteiger partial charge in [-0.05, 0) is 35.2 Å². The predicted molar refractivity (Wildman–Crippen MR) is 97.9 cm³/mol. The van der Waals surface area contributed by atoms with Crippen LogP contribution in [0, 0.1) is 17.8 Å². The molecule has 3 heteroatoms. The van der Waals surface area contributed by atoms with Crippen LogP contribution in [0.2, 0.25) is 0 Å². The van der Waals surface area contributed by atoms with Crippen LogP contribution in [0.4, 0.5) is 10.1 Å². The molecule has 0 spiro atoms. The molecule has 3 aromatic carbocycles. The summed E-state index contributed by atoms with van der Waals surface area (Å²) in [5.74, 6) is 2.88. The van der Waals surface area contributed by atoms with Crippen molar-refractivity contribution < 1.29 is 4.39 Å². The van der Waals surface area contributed by atoms with Crippen LogP contribution in [0.25, 0.3) is 10.8 Å². The lowest BCUT2D eigenvalue weighted by Gasteiger charge is -2.15. The van der Waals surface area contributed by atoms with E-state index in [-0.39, 0.29) is 5.82 Å². The molecule has 0 bridgehead atoms. The summed E-state index contributed by atoms with van der Waals surface area (Å²) < 4.78 is 14.2. The maximum atomic E-state index is 13.2. The van der Waals surface area contributed by atoms with Gasteiger partial charge in [0.15, 0.2) is 0 Å². The molecule has 0 amide bonds. The lowest BCUT2D eigenvalue weighted by Crippen LogP contribution is -2.09. The number of fused-ring (bicyclic) bond motifs is 1. The minimum absolute atomic E-state index is 0.226. The molecule has 23 heavy (non-hydrogen) atoms. The fourth-order valence-corrected chi connectivity index (χ4v) is 3.11. The van der Waals surface area contributed by atoms with Crippen LogP contribution in [-0.2, 0) is 6.42 Å². The van der Waals surface area contributed by atoms with Gasteiger partial charge >= 0.3 is 0 Å². The number of nitrogens with zero attached hydrogens (tertiary/aromatic N) is 1. The molecule has 0 atom stereocenters. The lowest BCUT2D eigenvalue weighted by atomic mass is 10.1. The van der Waals surface area contributed by atoms with E-state index in [4.69, 9.17) is 0 Å². The zero-order chi connectivity index (χ0) is 16.2. The number of halogens is 2. The van der Waals surface area contributed by atoms with Gasteiger partial charge in [-0.15, -0.1) is 0 Å². The van der Waals surface area contributed by atoms with Crippen molar-refractivity contribution >= 4 is 32.4 Å². The molecule has 3 aromatic rings. The predicted octanol–water partition coefficient (Wildman–Crippen LogP) is 5.38. The van der Waals surface area contributed by atoms with Crippen molar-refractivity contribution in [3.63, 3.8) is 0 Å². The van der Waals surface area contributed by atoms with E-state index in [9.17, 15) is 4.39 Å². The van der Waals surface area contributed by atoms with Gasteiger partial charge in [0.1, 0.15) is 5.82 Å². The largest absolute Gasteiger partial charge is 0.304 e. The summed E-state index contributed by atoms with van der Waals surface area (Å²) in [6.45, 7) is 0. The van der Waals surface area contributed by atoms with Crippen molar-refractivity contribution in [3.05, 3.63) is 76.5 Å². The van der Waals surface area contributed by atoms with Gasteiger partial charge in [-0.1, -0.05) is 58.2 Å². The lowest BCUT2D eigenvalue weighted by molar-refractivity contribution is 0.626. The number of hydrogen-bond donors (Lipinski definition) is 0. The number of rotatable bonds is 2. The SMILES string of the molecule is CN(C#CCc1cccc(F)c1)c1cccc2cccc(Br)c12. The maximum Gasteiger partial charge on any atom is 0.123 e. The van der Waals surface area contributed by atoms with E-state index >= 15 is 0 Å². The first kappa shape index (κ1) is 15.6. The average molecular weight is 368 g/mol. The first-order chi connectivity index (χ1) is 11.1. The van der Waals surface area contributed by atoms with Crippen LogP contribution >= 0.6 is 15.9 Å². The van der Waals surface area contributed by atoms with E-state index in [1.807, 2.05) is 42.3 Å². The van der Waals surface area contributed by atoms with Gasteiger partial charge < -0.3 is 4.90 Å². The van der Waals surface area contributed by atoms with Crippen molar-refractivity contribution in [2.75, 3.05) is 11.9 Å². The first-order valence-corrected chi connectivity index (χ1v) is 8.08. The Hall–Kier alpha value is -2.31. The Balaban J connectivity index is 1.87. The van der Waals surface area contributed by atoms with Crippen LogP contribution in [0.3, 0.4) is 0 Å². The Kier molecular flexibility index (Phi) is 4.64. The van der Waals surface area contributed by atoms with Crippen LogP contribution < -0.4 is 4.90 Å². The molecule has 3 rings (SSSR count). The Morgan fingerprint density at radius 3 is 2.57 bits per heavy atom. The maximum absolute atomic E-state index is 13.2. The number of anilines is 1. The van der Waals surface area contributed by atoms with E-state index in [1.165, 1.54) is 12.1 Å². The van der Waals surface area contributed by atoms with Crippen molar-refractivity contribution in [1.29, 1.82) is 0 Å². The average Bonchev–Trinajstić information content (AvgIpc) is 2.54. The Bertz CT molecular complexity index is 903. The van der Waals surface area contributed by atoms with Gasteiger partial charge in [-0.3, -0.25) is 0 Å². The molecule has 0 aliphatic heterocycles. The van der Waals surface area contributed by atoms with E-state index in [2.05, 4.69) is 40.0 Å². The van der Waals surface area contributed by atoms with Gasteiger partial charge in [-0.2, -0.15) is 0 Å². The molecule has 0 aliphatic carbocycles. The fourth-order valence-electron chi connectivity index (χ4n) is 2.52. The minimum Gasteiger partial charge on any atom is -0.304 e. The number of hydrogen-bond acceptors (Lipinski definition) is 1. The molecule has 0 heterocycles. The highest BCUT2D eigenvalue weighted by atomic mass is 79.9. The first-order valence-electron chi connectivity index (χ1n) is 7.29. The summed E-state index contributed by atoms with van der Waals surface area (Å²) in [7, 11) is 1.94. The van der Waals surface area contributed by atoms with Crippen molar-refractivity contribution in [1.82, 2.24) is 0 Å². The van der Waals surface area contributed by atoms with E-state index in [1.54, 1.807) is 6.07 Å². The van der Waals surface area contributed by atoms with Crippen LogP contribution in [0.5, 0.6) is 0 Å². The second kappa shape index (κ2) is 6.85. The highest BCUT2D eigenvalue weighted by Crippen LogP contribution is 2.32. The third-order valence-corrected chi connectivity index (χ3v) is 4.28. The summed E-state index contributed by atoms with van der Waals surface area (Å²) in [4.78, 5) is 1.91. The van der Waals surface area contributed by atoms with Crippen LogP contribution in [-0.4, -0.2) is 7.05 Å². The van der Waals surface area contributed by atoms with Gasteiger partial charge in [-0.25, -0.2) is 4.39 Å². The summed E-state index contributed by atoms with van der Waals surface area (Å²) in [6.07, 6.45) is 0.522. The summed E-state index contributed by atoms with van der Waals surface area (Å²) in [6, 6.07) is 21.9. The molecular weight excluding hydrogens is 353 g/mol. The van der Waals surface area contributed by atoms with E-state index in [0.29, 0.717) is 6.42 Å². The molecule has 0 fully saturated rings.